The monoisotopic (exact) mass is 444 g/mol. The van der Waals surface area contributed by atoms with Crippen molar-refractivity contribution in [3.8, 4) is 11.3 Å². The SMILES string of the molecule is Cc1nc(-c2cccc(NC(=O)Cn3cnc4c(Cl)cc(Cl)cc4c3=O)c2)cs1. The lowest BCUT2D eigenvalue weighted by Gasteiger charge is -2.09. The highest BCUT2D eigenvalue weighted by molar-refractivity contribution is 7.09. The maximum Gasteiger partial charge on any atom is 0.261 e. The molecule has 4 rings (SSSR count). The van der Waals surface area contributed by atoms with Crippen molar-refractivity contribution in [1.82, 2.24) is 14.5 Å². The first-order valence-corrected chi connectivity index (χ1v) is 10.2. The van der Waals surface area contributed by atoms with Crippen LogP contribution in [0, 0.1) is 6.92 Å². The second-order valence-corrected chi connectivity index (χ2v) is 8.25. The molecule has 4 aromatic rings. The Morgan fingerprint density at radius 1 is 1.24 bits per heavy atom. The zero-order chi connectivity index (χ0) is 20.5. The fourth-order valence-electron chi connectivity index (χ4n) is 2.91. The van der Waals surface area contributed by atoms with Crippen LogP contribution in [-0.2, 0) is 11.3 Å². The number of hydrogen-bond donors (Lipinski definition) is 1. The third-order valence-corrected chi connectivity index (χ3v) is 5.50. The molecule has 0 unspecified atom stereocenters. The highest BCUT2D eigenvalue weighted by Crippen LogP contribution is 2.25. The zero-order valence-corrected chi connectivity index (χ0v) is 17.5. The summed E-state index contributed by atoms with van der Waals surface area (Å²) in [6.07, 6.45) is 1.30. The molecule has 0 aliphatic rings. The molecule has 0 saturated carbocycles. The van der Waals surface area contributed by atoms with Gasteiger partial charge in [0.1, 0.15) is 6.54 Å². The number of aromatic nitrogens is 3. The second-order valence-electron chi connectivity index (χ2n) is 6.34. The molecule has 6 nitrogen and oxygen atoms in total. The normalized spacial score (nSPS) is 11.0. The highest BCUT2D eigenvalue weighted by Gasteiger charge is 2.12. The Hall–Kier alpha value is -2.74. The van der Waals surface area contributed by atoms with Gasteiger partial charge in [-0.25, -0.2) is 9.97 Å². The van der Waals surface area contributed by atoms with E-state index in [2.05, 4.69) is 15.3 Å². The number of rotatable bonds is 4. The molecule has 0 aliphatic carbocycles. The number of nitrogens with one attached hydrogen (secondary N) is 1. The van der Waals surface area contributed by atoms with Crippen LogP contribution in [0.4, 0.5) is 5.69 Å². The summed E-state index contributed by atoms with van der Waals surface area (Å²) in [5, 5.41) is 6.62. The molecule has 0 radical (unpaired) electrons. The van der Waals surface area contributed by atoms with Gasteiger partial charge >= 0.3 is 0 Å². The fourth-order valence-corrected chi connectivity index (χ4v) is 4.08. The zero-order valence-electron chi connectivity index (χ0n) is 15.1. The van der Waals surface area contributed by atoms with E-state index in [0.29, 0.717) is 16.2 Å². The highest BCUT2D eigenvalue weighted by atomic mass is 35.5. The molecule has 2 heterocycles. The lowest BCUT2D eigenvalue weighted by atomic mass is 10.1. The summed E-state index contributed by atoms with van der Waals surface area (Å²) in [5.41, 5.74) is 2.34. The van der Waals surface area contributed by atoms with Gasteiger partial charge in [-0.2, -0.15) is 0 Å². The molecule has 0 spiro atoms. The number of anilines is 1. The van der Waals surface area contributed by atoms with Gasteiger partial charge in [0.2, 0.25) is 5.91 Å². The molecular weight excluding hydrogens is 431 g/mol. The van der Waals surface area contributed by atoms with Crippen molar-refractivity contribution in [2.45, 2.75) is 13.5 Å². The predicted octanol–water partition coefficient (Wildman–Crippen LogP) is 4.77. The van der Waals surface area contributed by atoms with Gasteiger partial charge in [0, 0.05) is 21.7 Å². The molecule has 1 amide bonds. The largest absolute Gasteiger partial charge is 0.325 e. The summed E-state index contributed by atoms with van der Waals surface area (Å²) in [7, 11) is 0. The Bertz CT molecular complexity index is 1300. The van der Waals surface area contributed by atoms with E-state index in [-0.39, 0.29) is 28.4 Å². The Kier molecular flexibility index (Phi) is 5.36. The number of hydrogen-bond acceptors (Lipinski definition) is 5. The van der Waals surface area contributed by atoms with Crippen molar-refractivity contribution >= 4 is 57.0 Å². The van der Waals surface area contributed by atoms with E-state index < -0.39 is 0 Å². The standard InChI is InChI=1S/C20H14Cl2N4O2S/c1-11-24-17(9-29-11)12-3-2-4-14(5-12)25-18(27)8-26-10-23-19-15(20(26)28)6-13(21)7-16(19)22/h2-7,9-10H,8H2,1H3,(H,25,27). The minimum absolute atomic E-state index is 0.189. The van der Waals surface area contributed by atoms with Crippen molar-refractivity contribution in [2.75, 3.05) is 5.32 Å². The van der Waals surface area contributed by atoms with E-state index in [4.69, 9.17) is 23.2 Å². The summed E-state index contributed by atoms with van der Waals surface area (Å²) in [6, 6.07) is 10.4. The topological polar surface area (TPSA) is 76.9 Å². The summed E-state index contributed by atoms with van der Waals surface area (Å²) in [6.45, 7) is 1.75. The second kappa shape index (κ2) is 7.94. The molecular formula is C20H14Cl2N4O2S. The number of benzene rings is 2. The van der Waals surface area contributed by atoms with E-state index in [1.165, 1.54) is 23.0 Å². The van der Waals surface area contributed by atoms with Gasteiger partial charge in [-0.1, -0.05) is 35.3 Å². The van der Waals surface area contributed by atoms with Crippen LogP contribution in [0.5, 0.6) is 0 Å². The van der Waals surface area contributed by atoms with Gasteiger partial charge in [0.05, 0.1) is 33.0 Å². The minimum atomic E-state index is -0.388. The molecule has 29 heavy (non-hydrogen) atoms. The third kappa shape index (κ3) is 4.17. The maximum absolute atomic E-state index is 12.7. The van der Waals surface area contributed by atoms with E-state index >= 15 is 0 Å². The third-order valence-electron chi connectivity index (χ3n) is 4.22. The number of carbonyl (C=O) groups is 1. The number of nitrogens with zero attached hydrogens (tertiary/aromatic N) is 3. The quantitative estimate of drug-likeness (QED) is 0.491. The van der Waals surface area contributed by atoms with E-state index in [0.717, 1.165) is 16.3 Å². The molecule has 0 bridgehead atoms. The average Bonchev–Trinajstić information content (AvgIpc) is 3.11. The first-order valence-electron chi connectivity index (χ1n) is 8.57. The molecule has 2 aromatic heterocycles. The molecule has 9 heteroatoms. The molecule has 146 valence electrons. The van der Waals surface area contributed by atoms with Crippen molar-refractivity contribution in [2.24, 2.45) is 0 Å². The Morgan fingerprint density at radius 3 is 2.83 bits per heavy atom. The minimum Gasteiger partial charge on any atom is -0.325 e. The van der Waals surface area contributed by atoms with Crippen LogP contribution >= 0.6 is 34.5 Å². The number of amides is 1. The van der Waals surface area contributed by atoms with E-state index in [1.807, 2.05) is 30.5 Å². The number of halogens is 2. The molecule has 0 aliphatic heterocycles. The Balaban J connectivity index is 1.56. The summed E-state index contributed by atoms with van der Waals surface area (Å²) >= 11 is 13.6. The first-order chi connectivity index (χ1) is 13.9. The van der Waals surface area contributed by atoms with Gasteiger partial charge < -0.3 is 5.32 Å². The lowest BCUT2D eigenvalue weighted by molar-refractivity contribution is -0.116. The van der Waals surface area contributed by atoms with Gasteiger partial charge in [0.25, 0.3) is 5.56 Å². The van der Waals surface area contributed by atoms with Crippen LogP contribution < -0.4 is 10.9 Å². The van der Waals surface area contributed by atoms with Crippen LogP contribution in [0.3, 0.4) is 0 Å². The molecule has 0 saturated heterocycles. The van der Waals surface area contributed by atoms with Gasteiger partial charge in [-0.05, 0) is 31.2 Å². The smallest absolute Gasteiger partial charge is 0.261 e. The van der Waals surface area contributed by atoms with Crippen LogP contribution in [0.15, 0.2) is 52.9 Å². The van der Waals surface area contributed by atoms with E-state index in [9.17, 15) is 9.59 Å². The number of thiazole rings is 1. The van der Waals surface area contributed by atoms with Crippen molar-refractivity contribution < 1.29 is 4.79 Å². The van der Waals surface area contributed by atoms with Crippen LogP contribution in [0.25, 0.3) is 22.2 Å². The molecule has 0 fully saturated rings. The lowest BCUT2D eigenvalue weighted by Crippen LogP contribution is -2.28. The van der Waals surface area contributed by atoms with Crippen LogP contribution in [-0.4, -0.2) is 20.4 Å². The Labute approximate surface area is 179 Å². The van der Waals surface area contributed by atoms with Crippen LogP contribution in [0.1, 0.15) is 5.01 Å². The summed E-state index contributed by atoms with van der Waals surface area (Å²) in [4.78, 5) is 33.8. The number of fused-ring (bicyclic) bond motifs is 1. The van der Waals surface area contributed by atoms with Gasteiger partial charge in [0.15, 0.2) is 0 Å². The molecule has 0 atom stereocenters. The number of carbonyl (C=O) groups excluding carboxylic acids is 1. The molecule has 1 N–H and O–H groups in total. The Morgan fingerprint density at radius 2 is 2.07 bits per heavy atom. The summed E-state index contributed by atoms with van der Waals surface area (Å²) in [5.74, 6) is -0.354. The number of aryl methyl sites for hydroxylation is 1. The average molecular weight is 445 g/mol. The fraction of sp³-hybridized carbons (Fsp3) is 0.100. The van der Waals surface area contributed by atoms with Crippen molar-refractivity contribution in [3.63, 3.8) is 0 Å². The maximum atomic E-state index is 12.7. The van der Waals surface area contributed by atoms with E-state index in [1.54, 1.807) is 17.4 Å². The van der Waals surface area contributed by atoms with Gasteiger partial charge in [-0.3, -0.25) is 14.2 Å². The molecule has 2 aromatic carbocycles. The summed E-state index contributed by atoms with van der Waals surface area (Å²) < 4.78 is 1.22. The first kappa shape index (κ1) is 19.6. The predicted molar refractivity (Wildman–Crippen MR) is 117 cm³/mol. The van der Waals surface area contributed by atoms with Crippen LogP contribution in [0.2, 0.25) is 10.0 Å². The van der Waals surface area contributed by atoms with Gasteiger partial charge in [-0.15, -0.1) is 11.3 Å². The van der Waals surface area contributed by atoms with Crippen molar-refractivity contribution in [1.29, 1.82) is 0 Å². The van der Waals surface area contributed by atoms with Crippen molar-refractivity contribution in [3.05, 3.63) is 73.5 Å².